The van der Waals surface area contributed by atoms with E-state index in [1.807, 2.05) is 39.0 Å². The second-order valence-electron chi connectivity index (χ2n) is 6.24. The largest absolute Gasteiger partial charge is 0.460 e. The minimum absolute atomic E-state index is 0.00357. The second-order valence-corrected chi connectivity index (χ2v) is 6.24. The van der Waals surface area contributed by atoms with Crippen LogP contribution in [0.15, 0.2) is 30.3 Å². The van der Waals surface area contributed by atoms with Crippen LogP contribution in [0.25, 0.3) is 0 Å². The summed E-state index contributed by atoms with van der Waals surface area (Å²) in [5, 5.41) is 0. The summed E-state index contributed by atoms with van der Waals surface area (Å²) in [5.74, 6) is 0.960. The minimum atomic E-state index is -0.372. The molecule has 2 fully saturated rings. The number of rotatable bonds is 2. The van der Waals surface area contributed by atoms with Crippen molar-refractivity contribution in [1.82, 2.24) is 0 Å². The molecule has 0 aromatic heterocycles. The van der Waals surface area contributed by atoms with Crippen molar-refractivity contribution in [3.05, 3.63) is 35.9 Å². The predicted molar refractivity (Wildman–Crippen MR) is 65.6 cm³/mol. The SMILES string of the molecule is CC(C)(C)OC(=O)C12CC1C2c1ccccc1. The van der Waals surface area contributed by atoms with E-state index < -0.39 is 0 Å². The fourth-order valence-electron chi connectivity index (χ4n) is 2.83. The molecule has 3 rings (SSSR count). The van der Waals surface area contributed by atoms with E-state index in [1.54, 1.807) is 0 Å². The molecule has 2 aliphatic carbocycles. The minimum Gasteiger partial charge on any atom is -0.460 e. The van der Waals surface area contributed by atoms with Gasteiger partial charge in [-0.3, -0.25) is 4.79 Å². The lowest BCUT2D eigenvalue weighted by molar-refractivity contribution is -0.159. The molecule has 0 N–H and O–H groups in total. The molecule has 0 aliphatic heterocycles. The highest BCUT2D eigenvalue weighted by Crippen LogP contribution is 2.84. The zero-order chi connectivity index (χ0) is 12.3. The molecule has 0 amide bonds. The van der Waals surface area contributed by atoms with Crippen molar-refractivity contribution in [1.29, 1.82) is 0 Å². The molecule has 0 radical (unpaired) electrons. The molecule has 3 unspecified atom stereocenters. The third-order valence-electron chi connectivity index (χ3n) is 3.85. The summed E-state index contributed by atoms with van der Waals surface area (Å²) in [5.41, 5.74) is 0.756. The number of carbonyl (C=O) groups excluding carboxylic acids is 1. The normalized spacial score (nSPS) is 33.8. The van der Waals surface area contributed by atoms with Gasteiger partial charge in [-0.1, -0.05) is 30.3 Å². The van der Waals surface area contributed by atoms with Gasteiger partial charge in [0.25, 0.3) is 0 Å². The van der Waals surface area contributed by atoms with E-state index in [0.29, 0.717) is 11.8 Å². The number of carbonyl (C=O) groups is 1. The molecule has 2 nitrogen and oxygen atoms in total. The van der Waals surface area contributed by atoms with Crippen LogP contribution in [0.4, 0.5) is 0 Å². The number of benzene rings is 1. The summed E-state index contributed by atoms with van der Waals surface area (Å²) in [4.78, 5) is 12.1. The lowest BCUT2D eigenvalue weighted by Gasteiger charge is -2.22. The average molecular weight is 230 g/mol. The highest BCUT2D eigenvalue weighted by atomic mass is 16.6. The fraction of sp³-hybridized carbons (Fsp3) is 0.533. The van der Waals surface area contributed by atoms with Crippen LogP contribution in [0.3, 0.4) is 0 Å². The summed E-state index contributed by atoms with van der Waals surface area (Å²) < 4.78 is 5.52. The van der Waals surface area contributed by atoms with Crippen LogP contribution >= 0.6 is 0 Å². The number of ether oxygens (including phenoxy) is 1. The van der Waals surface area contributed by atoms with E-state index >= 15 is 0 Å². The van der Waals surface area contributed by atoms with Gasteiger partial charge in [0.2, 0.25) is 0 Å². The molecule has 17 heavy (non-hydrogen) atoms. The second kappa shape index (κ2) is 3.12. The summed E-state index contributed by atoms with van der Waals surface area (Å²) in [6.07, 6.45) is 1.02. The molecular formula is C15H18O2. The molecule has 2 saturated carbocycles. The van der Waals surface area contributed by atoms with Crippen LogP contribution < -0.4 is 0 Å². The molecule has 0 heterocycles. The fourth-order valence-corrected chi connectivity index (χ4v) is 2.83. The van der Waals surface area contributed by atoms with Crippen LogP contribution in [0.2, 0.25) is 0 Å². The van der Waals surface area contributed by atoms with Gasteiger partial charge in [-0.25, -0.2) is 0 Å². The average Bonchev–Trinajstić information content (AvgIpc) is 3.03. The quantitative estimate of drug-likeness (QED) is 0.730. The van der Waals surface area contributed by atoms with E-state index in [9.17, 15) is 4.79 Å². The predicted octanol–water partition coefficient (Wildman–Crippen LogP) is 3.13. The standard InChI is InChI=1S/C15H18O2/c1-14(2,3)17-13(16)15-9-11(15)12(15)10-7-5-4-6-8-10/h4-8,11-12H,9H2,1-3H3. The van der Waals surface area contributed by atoms with Gasteiger partial charge in [-0.15, -0.1) is 0 Å². The number of hydrogen-bond donors (Lipinski definition) is 0. The maximum atomic E-state index is 12.1. The van der Waals surface area contributed by atoms with Crippen molar-refractivity contribution in [3.63, 3.8) is 0 Å². The highest BCUT2D eigenvalue weighted by Gasteiger charge is 2.84. The summed E-state index contributed by atoms with van der Waals surface area (Å²) in [7, 11) is 0. The first-order chi connectivity index (χ1) is 7.95. The number of fused-ring (bicyclic) bond motifs is 1. The molecule has 0 spiro atoms. The van der Waals surface area contributed by atoms with Gasteiger partial charge in [0, 0.05) is 5.92 Å². The maximum absolute atomic E-state index is 12.1. The first-order valence-electron chi connectivity index (χ1n) is 6.23. The van der Waals surface area contributed by atoms with Crippen molar-refractivity contribution in [2.75, 3.05) is 0 Å². The zero-order valence-corrected chi connectivity index (χ0v) is 10.6. The molecule has 1 aromatic rings. The Balaban J connectivity index is 1.74. The Bertz CT molecular complexity index is 458. The smallest absolute Gasteiger partial charge is 0.313 e. The summed E-state index contributed by atoms with van der Waals surface area (Å²) in [6, 6.07) is 10.3. The van der Waals surface area contributed by atoms with Gasteiger partial charge in [0.05, 0.1) is 5.41 Å². The van der Waals surface area contributed by atoms with E-state index in [2.05, 4.69) is 12.1 Å². The Labute approximate surface area is 102 Å². The molecular weight excluding hydrogens is 212 g/mol. The molecule has 1 aromatic carbocycles. The first kappa shape index (κ1) is 10.8. The van der Waals surface area contributed by atoms with Crippen molar-refractivity contribution in [3.8, 4) is 0 Å². The Morgan fingerprint density at radius 1 is 1.29 bits per heavy atom. The highest BCUT2D eigenvalue weighted by molar-refractivity contribution is 5.88. The monoisotopic (exact) mass is 230 g/mol. The van der Waals surface area contributed by atoms with E-state index in [4.69, 9.17) is 4.74 Å². The van der Waals surface area contributed by atoms with Crippen LogP contribution in [0.5, 0.6) is 0 Å². The lowest BCUT2D eigenvalue weighted by atomic mass is 9.97. The van der Waals surface area contributed by atoms with Crippen molar-refractivity contribution in [2.24, 2.45) is 11.3 Å². The van der Waals surface area contributed by atoms with Crippen molar-refractivity contribution >= 4 is 5.97 Å². The van der Waals surface area contributed by atoms with E-state index in [1.165, 1.54) is 5.56 Å². The van der Waals surface area contributed by atoms with Crippen LogP contribution in [-0.4, -0.2) is 11.6 Å². The maximum Gasteiger partial charge on any atom is 0.313 e. The van der Waals surface area contributed by atoms with Crippen LogP contribution in [0.1, 0.15) is 38.7 Å². The van der Waals surface area contributed by atoms with Crippen LogP contribution in [0, 0.1) is 11.3 Å². The zero-order valence-electron chi connectivity index (χ0n) is 10.6. The lowest BCUT2D eigenvalue weighted by Crippen LogP contribution is -2.27. The van der Waals surface area contributed by atoms with Gasteiger partial charge in [0.15, 0.2) is 0 Å². The summed E-state index contributed by atoms with van der Waals surface area (Å²) >= 11 is 0. The Morgan fingerprint density at radius 3 is 2.47 bits per heavy atom. The van der Waals surface area contributed by atoms with Gasteiger partial charge in [-0.05, 0) is 38.7 Å². The molecule has 0 saturated heterocycles. The molecule has 2 heteroatoms. The third-order valence-corrected chi connectivity index (χ3v) is 3.85. The van der Waals surface area contributed by atoms with Gasteiger partial charge in [0.1, 0.15) is 5.60 Å². The molecule has 3 atom stereocenters. The molecule has 90 valence electrons. The van der Waals surface area contributed by atoms with Gasteiger partial charge in [-0.2, -0.15) is 0 Å². The van der Waals surface area contributed by atoms with Gasteiger partial charge < -0.3 is 4.74 Å². The number of hydrogen-bond acceptors (Lipinski definition) is 2. The first-order valence-corrected chi connectivity index (χ1v) is 6.23. The van der Waals surface area contributed by atoms with E-state index in [0.717, 1.165) is 6.42 Å². The molecule has 0 bridgehead atoms. The Morgan fingerprint density at radius 2 is 1.94 bits per heavy atom. The number of esters is 1. The van der Waals surface area contributed by atoms with Crippen molar-refractivity contribution < 1.29 is 9.53 Å². The molecule has 2 aliphatic rings. The van der Waals surface area contributed by atoms with E-state index in [-0.39, 0.29) is 17.0 Å². The van der Waals surface area contributed by atoms with Gasteiger partial charge >= 0.3 is 5.97 Å². The van der Waals surface area contributed by atoms with Crippen LogP contribution in [-0.2, 0) is 9.53 Å². The Hall–Kier alpha value is -1.31. The third kappa shape index (κ3) is 1.58. The Kier molecular flexibility index (Phi) is 1.99. The summed E-state index contributed by atoms with van der Waals surface area (Å²) in [6.45, 7) is 5.79. The topological polar surface area (TPSA) is 26.3 Å². The van der Waals surface area contributed by atoms with Crippen molar-refractivity contribution in [2.45, 2.75) is 38.7 Å².